The molecular formula is C32H37Cl2N3O5S. The number of hydrogen-bond donors (Lipinski definition) is 1. The second-order valence-corrected chi connectivity index (χ2v) is 13.4. The molecule has 11 heteroatoms. The first-order valence-electron chi connectivity index (χ1n) is 14.3. The monoisotopic (exact) mass is 645 g/mol. The molecule has 4 rings (SSSR count). The van der Waals surface area contributed by atoms with Gasteiger partial charge in [0.15, 0.2) is 0 Å². The SMILES string of the molecule is CCC(C(=O)NC1CCCC1)N(Cc1ccc(Cl)c(Cl)c1)C(=O)CN(c1cc(C)ccc1OC)S(=O)(=O)c1ccccc1. The number of aryl methyl sites for hydroxylation is 1. The second kappa shape index (κ2) is 14.5. The molecule has 1 N–H and O–H groups in total. The molecule has 0 aliphatic heterocycles. The third-order valence-corrected chi connectivity index (χ3v) is 10.2. The van der Waals surface area contributed by atoms with Crippen LogP contribution in [0.5, 0.6) is 5.75 Å². The number of rotatable bonds is 12. The molecule has 1 atom stereocenters. The Morgan fingerprint density at radius 3 is 2.33 bits per heavy atom. The Kier molecular flexibility index (Phi) is 11.0. The van der Waals surface area contributed by atoms with Crippen molar-refractivity contribution in [1.29, 1.82) is 0 Å². The van der Waals surface area contributed by atoms with Gasteiger partial charge in [0.05, 0.1) is 27.7 Å². The number of anilines is 1. The molecule has 1 unspecified atom stereocenters. The highest BCUT2D eigenvalue weighted by atomic mass is 35.5. The van der Waals surface area contributed by atoms with E-state index in [1.54, 1.807) is 54.6 Å². The van der Waals surface area contributed by atoms with E-state index in [0.717, 1.165) is 35.6 Å². The Hall–Kier alpha value is -3.27. The van der Waals surface area contributed by atoms with Crippen molar-refractivity contribution in [2.24, 2.45) is 0 Å². The van der Waals surface area contributed by atoms with Gasteiger partial charge in [-0.15, -0.1) is 0 Å². The molecule has 0 radical (unpaired) electrons. The molecule has 2 amide bonds. The Morgan fingerprint density at radius 1 is 1.00 bits per heavy atom. The van der Waals surface area contributed by atoms with Crippen molar-refractivity contribution in [2.45, 2.75) is 69.5 Å². The van der Waals surface area contributed by atoms with Gasteiger partial charge in [-0.25, -0.2) is 8.42 Å². The zero-order valence-corrected chi connectivity index (χ0v) is 26.9. The number of carbonyl (C=O) groups excluding carboxylic acids is 2. The lowest BCUT2D eigenvalue weighted by Gasteiger charge is -2.34. The van der Waals surface area contributed by atoms with E-state index in [2.05, 4.69) is 5.32 Å². The van der Waals surface area contributed by atoms with E-state index in [-0.39, 0.29) is 29.1 Å². The summed E-state index contributed by atoms with van der Waals surface area (Å²) in [4.78, 5) is 29.4. The van der Waals surface area contributed by atoms with Gasteiger partial charge in [-0.2, -0.15) is 0 Å². The van der Waals surface area contributed by atoms with Crippen LogP contribution in [0.2, 0.25) is 10.0 Å². The van der Waals surface area contributed by atoms with Crippen LogP contribution in [0.3, 0.4) is 0 Å². The van der Waals surface area contributed by atoms with Crippen LogP contribution in [0, 0.1) is 6.92 Å². The summed E-state index contributed by atoms with van der Waals surface area (Å²) in [7, 11) is -2.78. The summed E-state index contributed by atoms with van der Waals surface area (Å²) < 4.78 is 34.8. The molecule has 1 aliphatic rings. The number of nitrogens with one attached hydrogen (secondary N) is 1. The van der Waals surface area contributed by atoms with Crippen LogP contribution in [-0.4, -0.2) is 50.9 Å². The predicted octanol–water partition coefficient (Wildman–Crippen LogP) is 6.37. The summed E-state index contributed by atoms with van der Waals surface area (Å²) in [5, 5.41) is 3.78. The van der Waals surface area contributed by atoms with Gasteiger partial charge in [0.1, 0.15) is 18.3 Å². The zero-order chi connectivity index (χ0) is 31.1. The fourth-order valence-electron chi connectivity index (χ4n) is 5.35. The molecule has 1 saturated carbocycles. The topological polar surface area (TPSA) is 96.0 Å². The molecule has 3 aromatic rings. The summed E-state index contributed by atoms with van der Waals surface area (Å²) in [6, 6.07) is 17.3. The Balaban J connectivity index is 1.77. The lowest BCUT2D eigenvalue weighted by atomic mass is 10.1. The summed E-state index contributed by atoms with van der Waals surface area (Å²) in [5.74, 6) is -0.532. The van der Waals surface area contributed by atoms with Crippen LogP contribution in [-0.2, 0) is 26.2 Å². The van der Waals surface area contributed by atoms with E-state index in [1.807, 2.05) is 13.8 Å². The second-order valence-electron chi connectivity index (χ2n) is 10.7. The molecule has 43 heavy (non-hydrogen) atoms. The number of benzene rings is 3. The van der Waals surface area contributed by atoms with Crippen molar-refractivity contribution in [2.75, 3.05) is 18.0 Å². The molecule has 0 heterocycles. The largest absolute Gasteiger partial charge is 0.495 e. The van der Waals surface area contributed by atoms with Crippen molar-refractivity contribution < 1.29 is 22.7 Å². The van der Waals surface area contributed by atoms with E-state index in [4.69, 9.17) is 27.9 Å². The molecule has 0 bridgehead atoms. The summed E-state index contributed by atoms with van der Waals surface area (Å²) >= 11 is 12.4. The van der Waals surface area contributed by atoms with Gasteiger partial charge in [0, 0.05) is 12.6 Å². The number of sulfonamides is 1. The molecule has 0 aromatic heterocycles. The Bertz CT molecular complexity index is 1550. The first kappa shape index (κ1) is 32.6. The lowest BCUT2D eigenvalue weighted by Crippen LogP contribution is -2.53. The van der Waals surface area contributed by atoms with Gasteiger partial charge in [0.2, 0.25) is 11.8 Å². The molecule has 0 saturated heterocycles. The van der Waals surface area contributed by atoms with Crippen LogP contribution >= 0.6 is 23.2 Å². The van der Waals surface area contributed by atoms with Gasteiger partial charge in [-0.1, -0.05) is 73.3 Å². The number of carbonyl (C=O) groups is 2. The van der Waals surface area contributed by atoms with Crippen molar-refractivity contribution in [3.8, 4) is 5.75 Å². The number of hydrogen-bond acceptors (Lipinski definition) is 5. The maximum absolute atomic E-state index is 14.3. The number of methoxy groups -OCH3 is 1. The molecular weight excluding hydrogens is 609 g/mol. The van der Waals surface area contributed by atoms with Crippen molar-refractivity contribution in [3.63, 3.8) is 0 Å². The van der Waals surface area contributed by atoms with E-state index >= 15 is 0 Å². The molecule has 3 aromatic carbocycles. The van der Waals surface area contributed by atoms with Gasteiger partial charge >= 0.3 is 0 Å². The van der Waals surface area contributed by atoms with E-state index in [0.29, 0.717) is 27.8 Å². The maximum atomic E-state index is 14.3. The lowest BCUT2D eigenvalue weighted by molar-refractivity contribution is -0.140. The van der Waals surface area contributed by atoms with Crippen molar-refractivity contribution >= 4 is 50.7 Å². The quantitative estimate of drug-likeness (QED) is 0.247. The highest BCUT2D eigenvalue weighted by Gasteiger charge is 2.35. The highest BCUT2D eigenvalue weighted by molar-refractivity contribution is 7.92. The molecule has 0 spiro atoms. The van der Waals surface area contributed by atoms with Crippen LogP contribution < -0.4 is 14.4 Å². The average molecular weight is 647 g/mol. The maximum Gasteiger partial charge on any atom is 0.264 e. The third-order valence-electron chi connectivity index (χ3n) is 7.64. The Morgan fingerprint density at radius 2 is 1.70 bits per heavy atom. The summed E-state index contributed by atoms with van der Waals surface area (Å²) in [6.45, 7) is 3.12. The fraction of sp³-hybridized carbons (Fsp3) is 0.375. The standard InChI is InChI=1S/C32H37Cl2N3O5S/c1-4-28(32(39)35-24-10-8-9-11-24)36(20-23-15-16-26(33)27(34)19-23)31(38)21-37(29-18-22(2)14-17-30(29)42-3)43(40,41)25-12-6-5-7-13-25/h5-7,12-19,24,28H,4,8-11,20-21H2,1-3H3,(H,35,39). The molecule has 230 valence electrons. The normalized spacial score (nSPS) is 14.3. The van der Waals surface area contributed by atoms with E-state index in [9.17, 15) is 18.0 Å². The first-order chi connectivity index (χ1) is 20.5. The van der Waals surface area contributed by atoms with Gasteiger partial charge < -0.3 is 15.0 Å². The molecule has 8 nitrogen and oxygen atoms in total. The van der Waals surface area contributed by atoms with Crippen molar-refractivity contribution in [1.82, 2.24) is 10.2 Å². The van der Waals surface area contributed by atoms with Gasteiger partial charge in [0.25, 0.3) is 10.0 Å². The summed E-state index contributed by atoms with van der Waals surface area (Å²) in [6.07, 6.45) is 4.18. The van der Waals surface area contributed by atoms with Gasteiger partial charge in [-0.05, 0) is 73.7 Å². The minimum Gasteiger partial charge on any atom is -0.495 e. The first-order valence-corrected chi connectivity index (χ1v) is 16.5. The number of ether oxygens (including phenoxy) is 1. The molecule has 1 fully saturated rings. The van der Waals surface area contributed by atoms with Gasteiger partial charge in [-0.3, -0.25) is 13.9 Å². The zero-order valence-electron chi connectivity index (χ0n) is 24.6. The minimum atomic E-state index is -4.22. The predicted molar refractivity (Wildman–Crippen MR) is 170 cm³/mol. The van der Waals surface area contributed by atoms with E-state index < -0.39 is 28.5 Å². The third kappa shape index (κ3) is 7.82. The van der Waals surface area contributed by atoms with Crippen LogP contribution in [0.25, 0.3) is 0 Å². The number of halogens is 2. The van der Waals surface area contributed by atoms with Crippen LogP contribution in [0.4, 0.5) is 5.69 Å². The average Bonchev–Trinajstić information content (AvgIpc) is 3.51. The minimum absolute atomic E-state index is 0.0217. The Labute approximate surface area is 264 Å². The molecule has 1 aliphatic carbocycles. The number of nitrogens with zero attached hydrogens (tertiary/aromatic N) is 2. The van der Waals surface area contributed by atoms with E-state index in [1.165, 1.54) is 24.1 Å². The fourth-order valence-corrected chi connectivity index (χ4v) is 7.11. The van der Waals surface area contributed by atoms with Crippen LogP contribution in [0.15, 0.2) is 71.6 Å². The van der Waals surface area contributed by atoms with Crippen molar-refractivity contribution in [3.05, 3.63) is 87.9 Å². The number of amides is 2. The highest BCUT2D eigenvalue weighted by Crippen LogP contribution is 2.34. The smallest absolute Gasteiger partial charge is 0.264 e. The summed E-state index contributed by atoms with van der Waals surface area (Å²) in [5.41, 5.74) is 1.66. The van der Waals surface area contributed by atoms with Crippen LogP contribution in [0.1, 0.15) is 50.2 Å².